The quantitative estimate of drug-likeness (QED) is 0.743. The average Bonchev–Trinajstić information content (AvgIpc) is 2.99. The Kier molecular flexibility index (Phi) is 5.48. The van der Waals surface area contributed by atoms with E-state index in [2.05, 4.69) is 9.89 Å². The Morgan fingerprint density at radius 2 is 1.96 bits per heavy atom. The molecule has 1 atom stereocenters. The van der Waals surface area contributed by atoms with E-state index in [9.17, 15) is 18.4 Å². The second-order valence-electron chi connectivity index (χ2n) is 5.27. The van der Waals surface area contributed by atoms with Crippen LogP contribution >= 0.6 is 0 Å². The first-order valence-electron chi connectivity index (χ1n) is 7.36. The van der Waals surface area contributed by atoms with E-state index in [1.54, 1.807) is 6.92 Å². The first kappa shape index (κ1) is 17.8. The summed E-state index contributed by atoms with van der Waals surface area (Å²) in [5, 5.41) is 3.78. The van der Waals surface area contributed by atoms with Crippen LogP contribution in [0.5, 0.6) is 0 Å². The Balaban J connectivity index is 2.05. The highest BCUT2D eigenvalue weighted by Crippen LogP contribution is 2.31. The van der Waals surface area contributed by atoms with Crippen molar-refractivity contribution in [1.29, 1.82) is 0 Å². The second-order valence-corrected chi connectivity index (χ2v) is 5.27. The van der Waals surface area contributed by atoms with Crippen LogP contribution in [0.2, 0.25) is 0 Å². The van der Waals surface area contributed by atoms with Crippen molar-refractivity contribution >= 4 is 17.7 Å². The van der Waals surface area contributed by atoms with E-state index in [0.29, 0.717) is 0 Å². The predicted molar refractivity (Wildman–Crippen MR) is 79.2 cm³/mol. The van der Waals surface area contributed by atoms with Gasteiger partial charge in [0.05, 0.1) is 19.2 Å². The first-order chi connectivity index (χ1) is 11.4. The molecule has 0 aromatic heterocycles. The number of methoxy groups -OCH3 is 1. The number of rotatable bonds is 6. The number of hydrogen-bond acceptors (Lipinski definition) is 6. The number of ether oxygens (including phenoxy) is 2. The molecule has 2 rings (SSSR count). The maximum Gasteiger partial charge on any atom is 0.353 e. The average molecular weight is 341 g/mol. The van der Waals surface area contributed by atoms with Crippen molar-refractivity contribution in [1.82, 2.24) is 0 Å². The minimum Gasteiger partial charge on any atom is -0.469 e. The highest BCUT2D eigenvalue weighted by atomic mass is 19.1. The van der Waals surface area contributed by atoms with Crippen molar-refractivity contribution in [2.24, 2.45) is 5.16 Å². The zero-order valence-electron chi connectivity index (χ0n) is 13.3. The summed E-state index contributed by atoms with van der Waals surface area (Å²) >= 11 is 0. The van der Waals surface area contributed by atoms with Gasteiger partial charge in [-0.2, -0.15) is 0 Å². The molecule has 0 radical (unpaired) electrons. The number of hydrogen-bond donors (Lipinski definition) is 0. The fourth-order valence-corrected chi connectivity index (χ4v) is 2.26. The van der Waals surface area contributed by atoms with Gasteiger partial charge in [-0.3, -0.25) is 4.79 Å². The van der Waals surface area contributed by atoms with Crippen LogP contribution < -0.4 is 0 Å². The van der Waals surface area contributed by atoms with E-state index in [0.717, 1.165) is 18.2 Å². The van der Waals surface area contributed by atoms with Gasteiger partial charge in [-0.15, -0.1) is 0 Å². The van der Waals surface area contributed by atoms with Gasteiger partial charge in [0, 0.05) is 18.1 Å². The summed E-state index contributed by atoms with van der Waals surface area (Å²) in [6.07, 6.45) is 0.184. The molecule has 1 aromatic carbocycles. The molecule has 0 N–H and O–H groups in total. The van der Waals surface area contributed by atoms with E-state index in [1.165, 1.54) is 7.11 Å². The smallest absolute Gasteiger partial charge is 0.353 e. The third-order valence-corrected chi connectivity index (χ3v) is 3.69. The van der Waals surface area contributed by atoms with Crippen molar-refractivity contribution in [3.05, 3.63) is 35.4 Å². The molecular formula is C16H17F2NO5. The van der Waals surface area contributed by atoms with E-state index >= 15 is 0 Å². The molecule has 1 heterocycles. The zero-order valence-corrected chi connectivity index (χ0v) is 13.3. The molecule has 8 heteroatoms. The topological polar surface area (TPSA) is 74.2 Å². The summed E-state index contributed by atoms with van der Waals surface area (Å²) in [7, 11) is 1.23. The monoisotopic (exact) mass is 341 g/mol. The summed E-state index contributed by atoms with van der Waals surface area (Å²) in [5.41, 5.74) is -0.917. The van der Waals surface area contributed by atoms with E-state index in [1.807, 2.05) is 0 Å². The van der Waals surface area contributed by atoms with Gasteiger partial charge < -0.3 is 14.3 Å². The highest BCUT2D eigenvalue weighted by molar-refractivity contribution is 6.04. The molecule has 0 saturated heterocycles. The fraction of sp³-hybridized carbons (Fsp3) is 0.438. The van der Waals surface area contributed by atoms with Crippen molar-refractivity contribution in [2.45, 2.75) is 31.8 Å². The van der Waals surface area contributed by atoms with E-state index in [-0.39, 0.29) is 37.1 Å². The van der Waals surface area contributed by atoms with Gasteiger partial charge in [0.25, 0.3) is 0 Å². The predicted octanol–water partition coefficient (Wildman–Crippen LogP) is 2.34. The largest absolute Gasteiger partial charge is 0.469 e. The van der Waals surface area contributed by atoms with Crippen molar-refractivity contribution in [2.75, 3.05) is 13.7 Å². The van der Waals surface area contributed by atoms with Crippen molar-refractivity contribution < 1.29 is 32.7 Å². The van der Waals surface area contributed by atoms with E-state index in [4.69, 9.17) is 9.57 Å². The molecule has 0 aliphatic carbocycles. The fourth-order valence-electron chi connectivity index (χ4n) is 2.26. The number of oxime groups is 1. The molecular weight excluding hydrogens is 324 g/mol. The van der Waals surface area contributed by atoms with Gasteiger partial charge in [-0.05, 0) is 18.6 Å². The Bertz CT molecular complexity index is 656. The van der Waals surface area contributed by atoms with Crippen LogP contribution in [-0.2, 0) is 23.9 Å². The second kappa shape index (κ2) is 7.37. The molecule has 6 nitrogen and oxygen atoms in total. The van der Waals surface area contributed by atoms with Crippen molar-refractivity contribution in [3.63, 3.8) is 0 Å². The lowest BCUT2D eigenvalue weighted by Gasteiger charge is -2.22. The molecule has 0 amide bonds. The van der Waals surface area contributed by atoms with Crippen LogP contribution in [-0.4, -0.2) is 37.0 Å². The molecule has 1 aliphatic heterocycles. The molecule has 1 aromatic rings. The van der Waals surface area contributed by atoms with Gasteiger partial charge in [0.15, 0.2) is 0 Å². The van der Waals surface area contributed by atoms with Gasteiger partial charge in [0.2, 0.25) is 5.60 Å². The Morgan fingerprint density at radius 1 is 1.29 bits per heavy atom. The summed E-state index contributed by atoms with van der Waals surface area (Å²) in [5.74, 6) is -2.69. The first-order valence-corrected chi connectivity index (χ1v) is 7.36. The lowest BCUT2D eigenvalue weighted by Crippen LogP contribution is -2.40. The summed E-state index contributed by atoms with van der Waals surface area (Å²) < 4.78 is 36.1. The van der Waals surface area contributed by atoms with Crippen molar-refractivity contribution in [3.8, 4) is 0 Å². The molecule has 0 spiro atoms. The summed E-state index contributed by atoms with van der Waals surface area (Å²) in [6, 6.07) is 2.97. The maximum absolute atomic E-state index is 13.3. The maximum atomic E-state index is 13.3. The van der Waals surface area contributed by atoms with Crippen LogP contribution in [0, 0.1) is 11.6 Å². The molecule has 1 unspecified atom stereocenters. The molecule has 0 fully saturated rings. The Hall–Kier alpha value is -2.51. The Labute approximate surface area is 137 Å². The lowest BCUT2D eigenvalue weighted by atomic mass is 9.92. The van der Waals surface area contributed by atoms with Gasteiger partial charge >= 0.3 is 11.9 Å². The SMILES string of the molecule is CCC1(C(=O)OCCC(=O)OC)CC(c2cc(F)cc(F)c2)=NO1. The van der Waals surface area contributed by atoms with Crippen LogP contribution in [0.15, 0.2) is 23.4 Å². The highest BCUT2D eigenvalue weighted by Gasteiger charge is 2.47. The van der Waals surface area contributed by atoms with Crippen LogP contribution in [0.4, 0.5) is 8.78 Å². The van der Waals surface area contributed by atoms with Gasteiger partial charge in [-0.25, -0.2) is 13.6 Å². The standard InChI is InChI=1S/C16H17F2NO5/c1-3-16(15(21)23-5-4-14(20)22-2)9-13(19-24-16)10-6-11(17)8-12(18)7-10/h6-8H,3-5,9H2,1-2H3. The van der Waals surface area contributed by atoms with Crippen LogP contribution in [0.25, 0.3) is 0 Å². The third-order valence-electron chi connectivity index (χ3n) is 3.69. The van der Waals surface area contributed by atoms with Crippen LogP contribution in [0.1, 0.15) is 31.7 Å². The molecule has 1 aliphatic rings. The molecule has 0 bridgehead atoms. The summed E-state index contributed by atoms with van der Waals surface area (Å²) in [4.78, 5) is 28.5. The summed E-state index contributed by atoms with van der Waals surface area (Å²) in [6.45, 7) is 1.55. The lowest BCUT2D eigenvalue weighted by molar-refractivity contribution is -0.170. The molecule has 24 heavy (non-hydrogen) atoms. The number of carbonyl (C=O) groups is 2. The van der Waals surface area contributed by atoms with Crippen LogP contribution in [0.3, 0.4) is 0 Å². The van der Waals surface area contributed by atoms with Gasteiger partial charge in [0.1, 0.15) is 18.2 Å². The number of carbonyl (C=O) groups excluding carboxylic acids is 2. The zero-order chi connectivity index (χ0) is 17.7. The normalized spacial score (nSPS) is 19.4. The minimum absolute atomic E-state index is 0.0173. The van der Waals surface area contributed by atoms with E-state index < -0.39 is 29.2 Å². The minimum atomic E-state index is -1.37. The third kappa shape index (κ3) is 3.87. The molecule has 130 valence electrons. The number of benzene rings is 1. The van der Waals surface area contributed by atoms with Gasteiger partial charge in [-0.1, -0.05) is 12.1 Å². The number of nitrogens with zero attached hydrogens (tertiary/aromatic N) is 1. The number of esters is 2. The number of halogens is 2. The molecule has 0 saturated carbocycles. The Morgan fingerprint density at radius 3 is 2.54 bits per heavy atom.